The number of carbonyl (C=O) groups is 1. The number of hydrogen-bond donors (Lipinski definition) is 4. The molecule has 0 aliphatic carbocycles. The lowest BCUT2D eigenvalue weighted by atomic mass is 10.4. The zero-order chi connectivity index (χ0) is 14.4. The summed E-state index contributed by atoms with van der Waals surface area (Å²) in [4.78, 5) is 18.9. The first kappa shape index (κ1) is 15.5. The molecule has 6 N–H and O–H groups in total. The highest BCUT2D eigenvalue weighted by molar-refractivity contribution is 8.14. The zero-order valence-corrected chi connectivity index (χ0v) is 11.8. The number of nitrogens with two attached hydrogens (primary N) is 2. The van der Waals surface area contributed by atoms with Gasteiger partial charge in [-0.05, 0) is 6.07 Å². The van der Waals surface area contributed by atoms with Gasteiger partial charge in [0, 0.05) is 6.20 Å². The van der Waals surface area contributed by atoms with Crippen LogP contribution in [0.25, 0.3) is 0 Å². The third-order valence-corrected chi connectivity index (χ3v) is 2.90. The highest BCUT2D eigenvalue weighted by atomic mass is 35.5. The molecule has 0 saturated carbocycles. The van der Waals surface area contributed by atoms with Crippen LogP contribution in [0.3, 0.4) is 0 Å². The van der Waals surface area contributed by atoms with Crippen molar-refractivity contribution >= 4 is 57.8 Å². The monoisotopic (exact) mass is 320 g/mol. The van der Waals surface area contributed by atoms with E-state index in [9.17, 15) is 4.79 Å². The zero-order valence-electron chi connectivity index (χ0n) is 9.48. The number of aromatic nitrogens is 1. The molecular weight excluding hydrogens is 311 g/mol. The topological polar surface area (TPSA) is 130 Å². The lowest BCUT2D eigenvalue weighted by molar-refractivity contribution is -0.113. The standard InChI is InChI=1S/C9H10Cl2N6OS/c10-4-1-5(11)7(15-2-4)16-6(18)3-19-9(14)17-8(12)13/h1-2H,3H2,(H,15,16,18)(H5,12,13,14,17). The van der Waals surface area contributed by atoms with Crippen LogP contribution in [0.1, 0.15) is 0 Å². The first-order valence-electron chi connectivity index (χ1n) is 4.80. The largest absolute Gasteiger partial charge is 0.370 e. The van der Waals surface area contributed by atoms with Crippen molar-refractivity contribution in [3.63, 3.8) is 0 Å². The van der Waals surface area contributed by atoms with E-state index < -0.39 is 5.91 Å². The van der Waals surface area contributed by atoms with E-state index in [0.29, 0.717) is 5.02 Å². The molecule has 1 heterocycles. The molecule has 0 bridgehead atoms. The summed E-state index contributed by atoms with van der Waals surface area (Å²) < 4.78 is 0. The molecule has 102 valence electrons. The molecular formula is C9H10Cl2N6OS. The maximum absolute atomic E-state index is 11.6. The van der Waals surface area contributed by atoms with Crippen LogP contribution in [0, 0.1) is 5.41 Å². The number of anilines is 1. The van der Waals surface area contributed by atoms with E-state index in [0.717, 1.165) is 11.8 Å². The van der Waals surface area contributed by atoms with Gasteiger partial charge in [0.15, 0.2) is 16.9 Å². The number of amides is 1. The van der Waals surface area contributed by atoms with Crippen LogP contribution in [0.15, 0.2) is 17.3 Å². The Labute approximate surface area is 123 Å². The number of carbonyl (C=O) groups excluding carboxylic acids is 1. The Hall–Kier alpha value is -1.51. The van der Waals surface area contributed by atoms with Crippen LogP contribution in [0.4, 0.5) is 5.82 Å². The van der Waals surface area contributed by atoms with Crippen molar-refractivity contribution in [2.24, 2.45) is 16.5 Å². The Kier molecular flexibility index (Phi) is 5.87. The lowest BCUT2D eigenvalue weighted by Gasteiger charge is -2.05. The molecule has 0 saturated heterocycles. The van der Waals surface area contributed by atoms with Gasteiger partial charge in [0.1, 0.15) is 0 Å². The van der Waals surface area contributed by atoms with E-state index in [2.05, 4.69) is 15.3 Å². The summed E-state index contributed by atoms with van der Waals surface area (Å²) in [6, 6.07) is 1.46. The first-order valence-corrected chi connectivity index (χ1v) is 6.54. The number of amidine groups is 1. The van der Waals surface area contributed by atoms with Gasteiger partial charge < -0.3 is 16.8 Å². The van der Waals surface area contributed by atoms with Crippen LogP contribution in [0.5, 0.6) is 0 Å². The van der Waals surface area contributed by atoms with Crippen molar-refractivity contribution in [3.8, 4) is 0 Å². The summed E-state index contributed by atoms with van der Waals surface area (Å²) in [5.74, 6) is -0.474. The molecule has 1 aromatic heterocycles. The molecule has 0 radical (unpaired) electrons. The molecule has 1 amide bonds. The van der Waals surface area contributed by atoms with Gasteiger partial charge in [-0.15, -0.1) is 0 Å². The van der Waals surface area contributed by atoms with Gasteiger partial charge in [-0.2, -0.15) is 4.99 Å². The summed E-state index contributed by atoms with van der Waals surface area (Å²) in [5, 5.41) is 10.2. The van der Waals surface area contributed by atoms with E-state index in [1.165, 1.54) is 12.3 Å². The van der Waals surface area contributed by atoms with Crippen molar-refractivity contribution < 1.29 is 4.79 Å². The summed E-state index contributed by atoms with van der Waals surface area (Å²) in [5.41, 5.74) is 10.2. The minimum atomic E-state index is -0.391. The lowest BCUT2D eigenvalue weighted by Crippen LogP contribution is -2.24. The average molecular weight is 321 g/mol. The predicted molar refractivity (Wildman–Crippen MR) is 78.9 cm³/mol. The van der Waals surface area contributed by atoms with Gasteiger partial charge in [0.25, 0.3) is 0 Å². The maximum Gasteiger partial charge on any atom is 0.236 e. The summed E-state index contributed by atoms with van der Waals surface area (Å²) >= 11 is 12.4. The minimum Gasteiger partial charge on any atom is -0.370 e. The fourth-order valence-corrected chi connectivity index (χ4v) is 1.90. The van der Waals surface area contributed by atoms with Gasteiger partial charge in [0.2, 0.25) is 5.91 Å². The second-order valence-corrected chi connectivity index (χ2v) is 4.97. The van der Waals surface area contributed by atoms with E-state index in [1.54, 1.807) is 0 Å². The van der Waals surface area contributed by atoms with Crippen molar-refractivity contribution in [1.29, 1.82) is 5.41 Å². The number of nitrogens with one attached hydrogen (secondary N) is 2. The summed E-state index contributed by atoms with van der Waals surface area (Å²) in [7, 11) is 0. The van der Waals surface area contributed by atoms with Crippen molar-refractivity contribution in [3.05, 3.63) is 22.3 Å². The van der Waals surface area contributed by atoms with Gasteiger partial charge in [-0.1, -0.05) is 35.0 Å². The molecule has 7 nitrogen and oxygen atoms in total. The van der Waals surface area contributed by atoms with Crippen molar-refractivity contribution in [2.75, 3.05) is 11.1 Å². The number of thioether (sulfide) groups is 1. The first-order chi connectivity index (χ1) is 8.88. The predicted octanol–water partition coefficient (Wildman–Crippen LogP) is 1.27. The van der Waals surface area contributed by atoms with E-state index in [1.807, 2.05) is 0 Å². The van der Waals surface area contributed by atoms with Crippen LogP contribution in [0.2, 0.25) is 10.0 Å². The number of nitrogens with zero attached hydrogens (tertiary/aromatic N) is 2. The summed E-state index contributed by atoms with van der Waals surface area (Å²) in [6.45, 7) is 0. The molecule has 0 fully saturated rings. The molecule has 19 heavy (non-hydrogen) atoms. The van der Waals surface area contributed by atoms with Crippen LogP contribution in [-0.2, 0) is 4.79 Å². The molecule has 0 aromatic carbocycles. The quantitative estimate of drug-likeness (QED) is 0.492. The molecule has 0 unspecified atom stereocenters. The van der Waals surface area contributed by atoms with Gasteiger partial charge in [0.05, 0.1) is 15.8 Å². The average Bonchev–Trinajstić information content (AvgIpc) is 2.29. The van der Waals surface area contributed by atoms with Crippen molar-refractivity contribution in [1.82, 2.24) is 4.98 Å². The molecule has 10 heteroatoms. The van der Waals surface area contributed by atoms with E-state index in [-0.39, 0.29) is 27.7 Å². The fraction of sp³-hybridized carbons (Fsp3) is 0.111. The second kappa shape index (κ2) is 7.17. The number of pyridine rings is 1. The Balaban J connectivity index is 2.52. The molecule has 1 rings (SSSR count). The number of halogens is 2. The Morgan fingerprint density at radius 3 is 2.79 bits per heavy atom. The molecule has 0 aliphatic rings. The van der Waals surface area contributed by atoms with Gasteiger partial charge in [-0.25, -0.2) is 4.98 Å². The number of guanidine groups is 1. The Morgan fingerprint density at radius 1 is 1.53 bits per heavy atom. The number of hydrogen-bond acceptors (Lipinski definition) is 4. The Bertz CT molecular complexity index is 531. The number of aliphatic imine (C=N–C) groups is 1. The molecule has 0 aliphatic heterocycles. The smallest absolute Gasteiger partial charge is 0.236 e. The van der Waals surface area contributed by atoms with Crippen LogP contribution >= 0.6 is 35.0 Å². The van der Waals surface area contributed by atoms with Crippen molar-refractivity contribution in [2.45, 2.75) is 0 Å². The fourth-order valence-electron chi connectivity index (χ4n) is 0.958. The maximum atomic E-state index is 11.6. The van der Waals surface area contributed by atoms with Crippen LogP contribution < -0.4 is 16.8 Å². The molecule has 1 aromatic rings. The third kappa shape index (κ3) is 5.77. The van der Waals surface area contributed by atoms with Gasteiger partial charge >= 0.3 is 0 Å². The third-order valence-electron chi connectivity index (χ3n) is 1.64. The molecule has 0 spiro atoms. The minimum absolute atomic E-state index is 0.0454. The second-order valence-electron chi connectivity index (χ2n) is 3.16. The van der Waals surface area contributed by atoms with Crippen LogP contribution in [-0.4, -0.2) is 27.8 Å². The normalized spacial score (nSPS) is 9.79. The molecule has 0 atom stereocenters. The van der Waals surface area contributed by atoms with Gasteiger partial charge in [-0.3, -0.25) is 10.2 Å². The Morgan fingerprint density at radius 2 is 2.21 bits per heavy atom. The highest BCUT2D eigenvalue weighted by Crippen LogP contribution is 2.22. The van der Waals surface area contributed by atoms with E-state index >= 15 is 0 Å². The van der Waals surface area contributed by atoms with E-state index in [4.69, 9.17) is 40.1 Å². The highest BCUT2D eigenvalue weighted by Gasteiger charge is 2.09. The number of rotatable bonds is 3. The SMILES string of the molecule is N=C(N=C(N)N)SCC(=O)Nc1ncc(Cl)cc1Cl. The summed E-state index contributed by atoms with van der Waals surface area (Å²) in [6.07, 6.45) is 1.36.